The van der Waals surface area contributed by atoms with Crippen LogP contribution in [-0.4, -0.2) is 19.6 Å². The van der Waals surface area contributed by atoms with Crippen LogP contribution in [0.4, 0.5) is 4.39 Å². The fourth-order valence-electron chi connectivity index (χ4n) is 1.02. The van der Waals surface area contributed by atoms with Gasteiger partial charge in [-0.2, -0.15) is 0 Å². The molecule has 0 saturated heterocycles. The molecule has 1 aromatic rings. The van der Waals surface area contributed by atoms with Gasteiger partial charge in [-0.1, -0.05) is 12.1 Å². The van der Waals surface area contributed by atoms with Crippen molar-refractivity contribution < 1.29 is 4.39 Å². The summed E-state index contributed by atoms with van der Waals surface area (Å²) >= 11 is 0. The van der Waals surface area contributed by atoms with Gasteiger partial charge in [-0.15, -0.1) is 0 Å². The molecule has 6 heteroatoms. The average molecular weight is 243 g/mol. The number of rotatable bonds is 4. The van der Waals surface area contributed by atoms with Crippen molar-refractivity contribution in [2.75, 3.05) is 13.6 Å². The van der Waals surface area contributed by atoms with E-state index in [0.717, 1.165) is 5.56 Å². The lowest BCUT2D eigenvalue weighted by molar-refractivity contribution is 0.608. The molecule has 2 unspecified atom stereocenters. The molecule has 0 aromatic heterocycles. The molecule has 0 spiro atoms. The molecule has 0 aliphatic rings. The van der Waals surface area contributed by atoms with E-state index in [9.17, 15) is 4.39 Å². The van der Waals surface area contributed by atoms with Crippen molar-refractivity contribution in [2.45, 2.75) is 19.1 Å². The minimum absolute atomic E-state index is 0.162. The maximum Gasteiger partial charge on any atom is 0.123 e. The summed E-state index contributed by atoms with van der Waals surface area (Å²) in [5.74, 6) is 4.66. The van der Waals surface area contributed by atoms with E-state index in [0.29, 0.717) is 6.54 Å². The minimum Gasteiger partial charge on any atom is -0.327 e. The van der Waals surface area contributed by atoms with Gasteiger partial charge in [0.2, 0.25) is 0 Å². The third kappa shape index (κ3) is 7.78. The second-order valence-electron chi connectivity index (χ2n) is 3.70. The van der Waals surface area contributed by atoms with Crippen LogP contribution in [0.1, 0.15) is 18.7 Å². The number of hydrogen-bond donors (Lipinski definition) is 5. The number of hydrogen-bond acceptors (Lipinski definition) is 5. The summed E-state index contributed by atoms with van der Waals surface area (Å²) in [7, 11) is 1.76. The molecule has 0 radical (unpaired) electrons. The summed E-state index contributed by atoms with van der Waals surface area (Å²) in [6, 6.07) is 6.28. The fourth-order valence-corrected chi connectivity index (χ4v) is 1.02. The van der Waals surface area contributed by atoms with Crippen LogP contribution < -0.4 is 28.1 Å². The lowest BCUT2D eigenvalue weighted by atomic mass is 10.2. The first kappa shape index (κ1) is 16.0. The molecule has 1 aromatic carbocycles. The summed E-state index contributed by atoms with van der Waals surface area (Å²) in [6.07, 6.45) is -0.212. The standard InChI is InChI=1S/C8H11FN2.C3H11N3/c1-11-8(10)6-2-4-7(9)5-3-6;1-3(4)2-6-5/h2-5,8,11H,10H2,1H3;3,6H,2,4-5H2,1H3. The van der Waals surface area contributed by atoms with E-state index in [1.807, 2.05) is 6.92 Å². The number of nitrogens with two attached hydrogens (primary N) is 3. The number of nitrogens with one attached hydrogen (secondary N) is 2. The molecule has 8 N–H and O–H groups in total. The van der Waals surface area contributed by atoms with Gasteiger partial charge in [0.05, 0.1) is 6.17 Å². The van der Waals surface area contributed by atoms with E-state index in [1.165, 1.54) is 12.1 Å². The second kappa shape index (κ2) is 9.03. The second-order valence-corrected chi connectivity index (χ2v) is 3.70. The summed E-state index contributed by atoms with van der Waals surface area (Å²) < 4.78 is 12.4. The Kier molecular flexibility index (Phi) is 8.47. The van der Waals surface area contributed by atoms with Crippen molar-refractivity contribution in [2.24, 2.45) is 17.3 Å². The summed E-state index contributed by atoms with van der Waals surface area (Å²) in [4.78, 5) is 0. The van der Waals surface area contributed by atoms with Gasteiger partial charge in [0.1, 0.15) is 5.82 Å². The Morgan fingerprint density at radius 3 is 2.06 bits per heavy atom. The highest BCUT2D eigenvalue weighted by atomic mass is 19.1. The van der Waals surface area contributed by atoms with Gasteiger partial charge in [-0.3, -0.25) is 11.3 Å². The number of benzene rings is 1. The molecule has 0 aliphatic carbocycles. The van der Waals surface area contributed by atoms with E-state index >= 15 is 0 Å². The smallest absolute Gasteiger partial charge is 0.123 e. The maximum absolute atomic E-state index is 12.4. The van der Waals surface area contributed by atoms with Crippen molar-refractivity contribution in [3.8, 4) is 0 Å². The number of halogens is 1. The van der Waals surface area contributed by atoms with Gasteiger partial charge in [-0.05, 0) is 31.7 Å². The first-order chi connectivity index (χ1) is 8.01. The molecule has 0 amide bonds. The molecule has 2 atom stereocenters. The lowest BCUT2D eigenvalue weighted by Crippen LogP contribution is -2.35. The molecular weight excluding hydrogens is 221 g/mol. The van der Waals surface area contributed by atoms with Crippen LogP contribution in [0.2, 0.25) is 0 Å². The minimum atomic E-state index is -0.239. The Bertz CT molecular complexity index is 288. The van der Waals surface area contributed by atoms with Gasteiger partial charge < -0.3 is 16.8 Å². The fraction of sp³-hybridized carbons (Fsp3) is 0.455. The predicted octanol–water partition coefficient (Wildman–Crippen LogP) is -0.201. The monoisotopic (exact) mass is 243 g/mol. The summed E-state index contributed by atoms with van der Waals surface area (Å²) in [5, 5.41) is 2.86. The molecule has 0 saturated carbocycles. The van der Waals surface area contributed by atoms with Crippen molar-refractivity contribution >= 4 is 0 Å². The van der Waals surface area contributed by atoms with E-state index in [2.05, 4.69) is 10.7 Å². The lowest BCUT2D eigenvalue weighted by Gasteiger charge is -2.09. The zero-order chi connectivity index (χ0) is 13.3. The third-order valence-electron chi connectivity index (χ3n) is 1.98. The van der Waals surface area contributed by atoms with Crippen LogP contribution >= 0.6 is 0 Å². The Hall–Kier alpha value is -1.05. The van der Waals surface area contributed by atoms with Crippen LogP contribution in [0, 0.1) is 5.82 Å². The highest BCUT2D eigenvalue weighted by Crippen LogP contribution is 2.07. The maximum atomic E-state index is 12.4. The molecule has 0 heterocycles. The van der Waals surface area contributed by atoms with Gasteiger partial charge in [-0.25, -0.2) is 4.39 Å². The largest absolute Gasteiger partial charge is 0.327 e. The molecule has 98 valence electrons. The van der Waals surface area contributed by atoms with E-state index < -0.39 is 0 Å². The summed E-state index contributed by atoms with van der Waals surface area (Å²) in [5.41, 5.74) is 14.2. The number of hydrazine groups is 1. The average Bonchev–Trinajstić information content (AvgIpc) is 2.29. The van der Waals surface area contributed by atoms with Crippen LogP contribution in [0.25, 0.3) is 0 Å². The van der Waals surface area contributed by atoms with Crippen molar-refractivity contribution in [3.63, 3.8) is 0 Å². The van der Waals surface area contributed by atoms with Crippen molar-refractivity contribution in [1.29, 1.82) is 0 Å². The van der Waals surface area contributed by atoms with Gasteiger partial charge in [0.25, 0.3) is 0 Å². The molecule has 17 heavy (non-hydrogen) atoms. The molecule has 0 aliphatic heterocycles. The van der Waals surface area contributed by atoms with Crippen LogP contribution in [0.5, 0.6) is 0 Å². The predicted molar refractivity (Wildman–Crippen MR) is 68.2 cm³/mol. The topological polar surface area (TPSA) is 102 Å². The normalized spacial score (nSPS) is 13.5. The van der Waals surface area contributed by atoms with E-state index in [1.54, 1.807) is 19.2 Å². The zero-order valence-electron chi connectivity index (χ0n) is 10.3. The summed E-state index contributed by atoms with van der Waals surface area (Å²) in [6.45, 7) is 2.57. The highest BCUT2D eigenvalue weighted by Gasteiger charge is 2.00. The molecule has 0 fully saturated rings. The first-order valence-electron chi connectivity index (χ1n) is 5.38. The van der Waals surface area contributed by atoms with Gasteiger partial charge >= 0.3 is 0 Å². The highest BCUT2D eigenvalue weighted by molar-refractivity contribution is 5.18. The van der Waals surface area contributed by atoms with E-state index in [-0.39, 0.29) is 18.0 Å². The third-order valence-corrected chi connectivity index (χ3v) is 1.98. The SMILES string of the molecule is CC(N)CNN.CNC(N)c1ccc(F)cc1. The van der Waals surface area contributed by atoms with E-state index in [4.69, 9.17) is 17.3 Å². The first-order valence-corrected chi connectivity index (χ1v) is 5.38. The van der Waals surface area contributed by atoms with Gasteiger partial charge in [0.15, 0.2) is 0 Å². The Balaban J connectivity index is 0.000000366. The zero-order valence-corrected chi connectivity index (χ0v) is 10.3. The Morgan fingerprint density at radius 2 is 1.76 bits per heavy atom. The van der Waals surface area contributed by atoms with Gasteiger partial charge in [0, 0.05) is 12.6 Å². The quantitative estimate of drug-likeness (QED) is 0.286. The van der Waals surface area contributed by atoms with Crippen LogP contribution in [-0.2, 0) is 0 Å². The molecular formula is C11H22FN5. The van der Waals surface area contributed by atoms with Crippen LogP contribution in [0.15, 0.2) is 24.3 Å². The molecule has 5 nitrogen and oxygen atoms in total. The Morgan fingerprint density at radius 1 is 1.24 bits per heavy atom. The molecule has 1 rings (SSSR count). The van der Waals surface area contributed by atoms with Crippen LogP contribution in [0.3, 0.4) is 0 Å². The van der Waals surface area contributed by atoms with Crippen molar-refractivity contribution in [1.82, 2.24) is 10.7 Å². The van der Waals surface area contributed by atoms with Crippen molar-refractivity contribution in [3.05, 3.63) is 35.6 Å². The molecule has 0 bridgehead atoms. The Labute approximate surface area is 102 Å².